The molecule has 1 aromatic heterocycles. The van der Waals surface area contributed by atoms with Crippen LogP contribution in [0.3, 0.4) is 0 Å². The number of ether oxygens (including phenoxy) is 1. The van der Waals surface area contributed by atoms with Crippen molar-refractivity contribution in [3.8, 4) is 0 Å². The molecule has 0 aliphatic carbocycles. The molecule has 0 saturated heterocycles. The van der Waals surface area contributed by atoms with Crippen LogP contribution in [-0.2, 0) is 4.74 Å². The maximum absolute atomic E-state index is 5.75. The van der Waals surface area contributed by atoms with E-state index in [1.807, 2.05) is 18.7 Å². The van der Waals surface area contributed by atoms with Gasteiger partial charge in [0.25, 0.3) is 0 Å². The predicted molar refractivity (Wildman–Crippen MR) is 82.6 cm³/mol. The van der Waals surface area contributed by atoms with Crippen LogP contribution in [0.15, 0.2) is 18.7 Å². The number of nitrogens with zero attached hydrogens (tertiary/aromatic N) is 2. The summed E-state index contributed by atoms with van der Waals surface area (Å²) in [4.78, 5) is 4.09. The Morgan fingerprint density at radius 2 is 1.74 bits per heavy atom. The third-order valence-corrected chi connectivity index (χ3v) is 3.27. The second kappa shape index (κ2) is 12.8. The van der Waals surface area contributed by atoms with E-state index < -0.39 is 0 Å². The van der Waals surface area contributed by atoms with Crippen molar-refractivity contribution < 1.29 is 4.74 Å². The summed E-state index contributed by atoms with van der Waals surface area (Å²) in [6.07, 6.45) is 16.3. The van der Waals surface area contributed by atoms with Crippen molar-refractivity contribution in [1.82, 2.24) is 9.55 Å². The molecule has 0 radical (unpaired) electrons. The SMILES string of the molecule is CCCCCCCCCC(OCC)n1ccnc1.[LiH]. The predicted octanol–water partition coefficient (Wildman–Crippen LogP) is 3.91. The van der Waals surface area contributed by atoms with E-state index >= 15 is 0 Å². The molecule has 19 heavy (non-hydrogen) atoms. The summed E-state index contributed by atoms with van der Waals surface area (Å²) >= 11 is 0. The minimum absolute atomic E-state index is 0. The van der Waals surface area contributed by atoms with Gasteiger partial charge in [0, 0.05) is 19.0 Å². The first-order chi connectivity index (χ1) is 8.88. The normalized spacial score (nSPS) is 12.1. The van der Waals surface area contributed by atoms with Crippen LogP contribution in [0.25, 0.3) is 0 Å². The van der Waals surface area contributed by atoms with Crippen molar-refractivity contribution in [3.05, 3.63) is 18.7 Å². The number of hydrogen-bond acceptors (Lipinski definition) is 2. The molecule has 3 nitrogen and oxygen atoms in total. The van der Waals surface area contributed by atoms with Crippen molar-refractivity contribution in [2.45, 2.75) is 71.4 Å². The van der Waals surface area contributed by atoms with E-state index in [4.69, 9.17) is 4.74 Å². The second-order valence-electron chi connectivity index (χ2n) is 4.83. The van der Waals surface area contributed by atoms with Crippen LogP contribution in [0.5, 0.6) is 0 Å². The van der Waals surface area contributed by atoms with Gasteiger partial charge < -0.3 is 9.30 Å². The first-order valence-electron chi connectivity index (χ1n) is 7.47. The Hall–Kier alpha value is -0.233. The van der Waals surface area contributed by atoms with Crippen LogP contribution in [-0.4, -0.2) is 35.0 Å². The molecule has 0 fully saturated rings. The van der Waals surface area contributed by atoms with Gasteiger partial charge in [-0.1, -0.05) is 45.4 Å². The number of aromatic nitrogens is 2. The zero-order valence-electron chi connectivity index (χ0n) is 12.0. The molecule has 0 aromatic carbocycles. The summed E-state index contributed by atoms with van der Waals surface area (Å²) in [6, 6.07) is 0. The van der Waals surface area contributed by atoms with Crippen LogP contribution in [0.4, 0.5) is 0 Å². The molecule has 0 spiro atoms. The van der Waals surface area contributed by atoms with Gasteiger partial charge in [-0.15, -0.1) is 0 Å². The molecule has 0 N–H and O–H groups in total. The minimum atomic E-state index is 0. The fraction of sp³-hybridized carbons (Fsp3) is 0.800. The first-order valence-corrected chi connectivity index (χ1v) is 7.47. The zero-order valence-corrected chi connectivity index (χ0v) is 12.0. The molecule has 0 aliphatic rings. The molecule has 0 amide bonds. The van der Waals surface area contributed by atoms with Gasteiger partial charge in [0.15, 0.2) is 0 Å². The zero-order chi connectivity index (χ0) is 13.1. The van der Waals surface area contributed by atoms with Crippen molar-refractivity contribution in [1.29, 1.82) is 0 Å². The summed E-state index contributed by atoms with van der Waals surface area (Å²) in [7, 11) is 0. The Morgan fingerprint density at radius 1 is 1.05 bits per heavy atom. The van der Waals surface area contributed by atoms with Crippen LogP contribution < -0.4 is 0 Å². The van der Waals surface area contributed by atoms with Crippen LogP contribution in [0.1, 0.15) is 71.4 Å². The molecule has 0 aliphatic heterocycles. The molecule has 1 aromatic rings. The van der Waals surface area contributed by atoms with Gasteiger partial charge in [0.1, 0.15) is 6.23 Å². The molecule has 1 rings (SSSR count). The Bertz CT molecular complexity index is 278. The summed E-state index contributed by atoms with van der Waals surface area (Å²) < 4.78 is 7.82. The Balaban J connectivity index is 0.00000324. The number of hydrogen-bond donors (Lipinski definition) is 0. The van der Waals surface area contributed by atoms with Crippen molar-refractivity contribution >= 4 is 18.9 Å². The van der Waals surface area contributed by atoms with Crippen LogP contribution >= 0.6 is 0 Å². The Labute approximate surface area is 130 Å². The van der Waals surface area contributed by atoms with Crippen LogP contribution in [0.2, 0.25) is 0 Å². The van der Waals surface area contributed by atoms with Gasteiger partial charge in [-0.2, -0.15) is 0 Å². The van der Waals surface area contributed by atoms with E-state index in [1.54, 1.807) is 0 Å². The molecule has 4 heteroatoms. The van der Waals surface area contributed by atoms with E-state index in [2.05, 4.69) is 23.4 Å². The van der Waals surface area contributed by atoms with Gasteiger partial charge in [-0.05, 0) is 19.8 Å². The Kier molecular flexibility index (Phi) is 12.6. The summed E-state index contributed by atoms with van der Waals surface area (Å²) in [5, 5.41) is 0. The van der Waals surface area contributed by atoms with Gasteiger partial charge >= 0.3 is 18.9 Å². The van der Waals surface area contributed by atoms with Gasteiger partial charge in [0.05, 0.1) is 6.33 Å². The van der Waals surface area contributed by atoms with E-state index in [9.17, 15) is 0 Å². The first kappa shape index (κ1) is 18.8. The fourth-order valence-electron chi connectivity index (χ4n) is 2.23. The fourth-order valence-corrected chi connectivity index (χ4v) is 2.23. The maximum atomic E-state index is 5.75. The van der Waals surface area contributed by atoms with Crippen molar-refractivity contribution in [3.63, 3.8) is 0 Å². The quantitative estimate of drug-likeness (QED) is 0.445. The van der Waals surface area contributed by atoms with Crippen LogP contribution in [0, 0.1) is 0 Å². The van der Waals surface area contributed by atoms with Crippen molar-refractivity contribution in [2.75, 3.05) is 6.61 Å². The molecular formula is C15H29LiN2O. The molecule has 0 bridgehead atoms. The van der Waals surface area contributed by atoms with E-state index in [0.29, 0.717) is 0 Å². The topological polar surface area (TPSA) is 27.1 Å². The van der Waals surface area contributed by atoms with Gasteiger partial charge in [-0.25, -0.2) is 4.98 Å². The molecular weight excluding hydrogens is 231 g/mol. The monoisotopic (exact) mass is 260 g/mol. The van der Waals surface area contributed by atoms with Gasteiger partial charge in [0.2, 0.25) is 0 Å². The average molecular weight is 260 g/mol. The number of rotatable bonds is 11. The average Bonchev–Trinajstić information content (AvgIpc) is 2.90. The van der Waals surface area contributed by atoms with Gasteiger partial charge in [-0.3, -0.25) is 0 Å². The molecule has 1 heterocycles. The summed E-state index contributed by atoms with van der Waals surface area (Å²) in [5.41, 5.74) is 0. The van der Waals surface area contributed by atoms with E-state index in [0.717, 1.165) is 13.0 Å². The third-order valence-electron chi connectivity index (χ3n) is 3.27. The summed E-state index contributed by atoms with van der Waals surface area (Å²) in [5.74, 6) is 0. The van der Waals surface area contributed by atoms with E-state index in [1.165, 1.54) is 44.9 Å². The second-order valence-corrected chi connectivity index (χ2v) is 4.83. The number of unbranched alkanes of at least 4 members (excludes halogenated alkanes) is 6. The van der Waals surface area contributed by atoms with E-state index in [-0.39, 0.29) is 25.1 Å². The standard InChI is InChI=1S/C15H28N2O.Li.H/c1-3-5-6-7-8-9-10-11-15(18-4-2)17-13-12-16-14-17;;/h12-15H,3-11H2,1-2H3;;. The molecule has 1 unspecified atom stereocenters. The molecule has 0 saturated carbocycles. The molecule has 106 valence electrons. The third kappa shape index (κ3) is 8.52. The van der Waals surface area contributed by atoms with Crippen molar-refractivity contribution in [2.24, 2.45) is 0 Å². The summed E-state index contributed by atoms with van der Waals surface area (Å²) in [6.45, 7) is 5.08. The molecule has 1 atom stereocenters. The Morgan fingerprint density at radius 3 is 2.32 bits per heavy atom. The number of imidazole rings is 1.